The minimum atomic E-state index is 0.0752. The first-order valence-corrected chi connectivity index (χ1v) is 6.94. The van der Waals surface area contributed by atoms with Gasteiger partial charge in [0.1, 0.15) is 5.75 Å². The maximum absolute atomic E-state index is 12.2. The van der Waals surface area contributed by atoms with Crippen LogP contribution in [0.4, 0.5) is 5.69 Å². The molecule has 104 valence electrons. The quantitative estimate of drug-likeness (QED) is 0.851. The van der Waals surface area contributed by atoms with Gasteiger partial charge < -0.3 is 15.4 Å². The summed E-state index contributed by atoms with van der Waals surface area (Å²) >= 11 is 0. The van der Waals surface area contributed by atoms with Crippen molar-refractivity contribution >= 4 is 11.6 Å². The summed E-state index contributed by atoms with van der Waals surface area (Å²) < 4.78 is 5.52. The number of nitrogens with two attached hydrogens (primary N) is 1. The molecular weight excluding hydrogens is 240 g/mol. The van der Waals surface area contributed by atoms with Gasteiger partial charge in [0.2, 0.25) is 0 Å². The van der Waals surface area contributed by atoms with Gasteiger partial charge in [0.05, 0.1) is 0 Å². The second-order valence-electron chi connectivity index (χ2n) is 5.14. The van der Waals surface area contributed by atoms with E-state index in [0.29, 0.717) is 17.5 Å². The van der Waals surface area contributed by atoms with E-state index >= 15 is 0 Å². The molecular formula is C15H22N2O2. The van der Waals surface area contributed by atoms with Crippen molar-refractivity contribution < 1.29 is 9.53 Å². The van der Waals surface area contributed by atoms with E-state index in [4.69, 9.17) is 10.5 Å². The molecule has 1 saturated heterocycles. The third kappa shape index (κ3) is 3.88. The summed E-state index contributed by atoms with van der Waals surface area (Å²) in [5.74, 6) is 0.760. The van der Waals surface area contributed by atoms with Crippen LogP contribution in [0.5, 0.6) is 5.75 Å². The van der Waals surface area contributed by atoms with Gasteiger partial charge in [-0.1, -0.05) is 12.8 Å². The van der Waals surface area contributed by atoms with Crippen LogP contribution in [0, 0.1) is 0 Å². The second kappa shape index (κ2) is 6.45. The average Bonchev–Trinajstić information content (AvgIpc) is 2.62. The average molecular weight is 262 g/mol. The van der Waals surface area contributed by atoms with Crippen LogP contribution in [0.2, 0.25) is 0 Å². The maximum Gasteiger partial charge on any atom is 0.260 e. The largest absolute Gasteiger partial charge is 0.484 e. The molecule has 1 aromatic rings. The van der Waals surface area contributed by atoms with Gasteiger partial charge in [-0.25, -0.2) is 0 Å². The van der Waals surface area contributed by atoms with Crippen LogP contribution in [-0.2, 0) is 4.79 Å². The van der Waals surface area contributed by atoms with Gasteiger partial charge in [0.25, 0.3) is 5.91 Å². The van der Waals surface area contributed by atoms with E-state index < -0.39 is 0 Å². The molecule has 0 bridgehead atoms. The summed E-state index contributed by atoms with van der Waals surface area (Å²) in [5.41, 5.74) is 6.30. The molecule has 0 aliphatic carbocycles. The minimum Gasteiger partial charge on any atom is -0.484 e. The van der Waals surface area contributed by atoms with Crippen molar-refractivity contribution in [2.24, 2.45) is 0 Å². The standard InChI is InChI=1S/C15H22N2O2/c1-12-5-3-2-4-10-17(12)15(18)11-19-14-8-6-13(16)7-9-14/h6-9,12H,2-5,10-11,16H2,1H3. The molecule has 1 amide bonds. The lowest BCUT2D eigenvalue weighted by Gasteiger charge is -2.27. The number of rotatable bonds is 3. The fourth-order valence-corrected chi connectivity index (χ4v) is 2.44. The van der Waals surface area contributed by atoms with Gasteiger partial charge in [0.15, 0.2) is 6.61 Å². The normalized spacial score (nSPS) is 19.8. The summed E-state index contributed by atoms with van der Waals surface area (Å²) in [7, 11) is 0. The van der Waals surface area contributed by atoms with Crippen molar-refractivity contribution in [3.05, 3.63) is 24.3 Å². The first-order valence-electron chi connectivity index (χ1n) is 6.94. The third-order valence-electron chi connectivity index (χ3n) is 3.62. The van der Waals surface area contributed by atoms with Crippen LogP contribution in [0.1, 0.15) is 32.6 Å². The minimum absolute atomic E-state index is 0.0752. The zero-order valence-electron chi connectivity index (χ0n) is 11.5. The Morgan fingerprint density at radius 3 is 2.79 bits per heavy atom. The molecule has 2 rings (SSSR count). The number of hydrogen-bond acceptors (Lipinski definition) is 3. The smallest absolute Gasteiger partial charge is 0.260 e. The summed E-state index contributed by atoms with van der Waals surface area (Å²) in [5, 5.41) is 0. The van der Waals surface area contributed by atoms with Gasteiger partial charge in [-0.15, -0.1) is 0 Å². The second-order valence-corrected chi connectivity index (χ2v) is 5.14. The highest BCUT2D eigenvalue weighted by molar-refractivity contribution is 5.78. The van der Waals surface area contributed by atoms with Crippen LogP contribution in [0.3, 0.4) is 0 Å². The van der Waals surface area contributed by atoms with E-state index in [1.165, 1.54) is 12.8 Å². The molecule has 1 aromatic carbocycles. The van der Waals surface area contributed by atoms with Crippen molar-refractivity contribution in [2.75, 3.05) is 18.9 Å². The molecule has 1 fully saturated rings. The summed E-state index contributed by atoms with van der Waals surface area (Å²) in [6.07, 6.45) is 4.61. The molecule has 4 nitrogen and oxygen atoms in total. The van der Waals surface area contributed by atoms with Crippen LogP contribution in [0.15, 0.2) is 24.3 Å². The van der Waals surface area contributed by atoms with Crippen LogP contribution in [0.25, 0.3) is 0 Å². The van der Waals surface area contributed by atoms with Gasteiger partial charge >= 0.3 is 0 Å². The molecule has 1 heterocycles. The zero-order chi connectivity index (χ0) is 13.7. The van der Waals surface area contributed by atoms with Gasteiger partial charge in [-0.05, 0) is 44.0 Å². The fourth-order valence-electron chi connectivity index (χ4n) is 2.44. The van der Waals surface area contributed by atoms with Crippen molar-refractivity contribution in [1.29, 1.82) is 0 Å². The van der Waals surface area contributed by atoms with Crippen LogP contribution >= 0.6 is 0 Å². The Hall–Kier alpha value is -1.71. The Bertz CT molecular complexity index is 417. The molecule has 0 aromatic heterocycles. The molecule has 2 N–H and O–H groups in total. The molecule has 1 atom stereocenters. The number of hydrogen-bond donors (Lipinski definition) is 1. The number of nitrogen functional groups attached to an aromatic ring is 1. The Balaban J connectivity index is 1.87. The van der Waals surface area contributed by atoms with E-state index in [1.54, 1.807) is 24.3 Å². The van der Waals surface area contributed by atoms with E-state index in [2.05, 4.69) is 6.92 Å². The van der Waals surface area contributed by atoms with Gasteiger partial charge in [-0.3, -0.25) is 4.79 Å². The molecule has 0 saturated carbocycles. The summed E-state index contributed by atoms with van der Waals surface area (Å²) in [6.45, 7) is 3.08. The van der Waals surface area contributed by atoms with Crippen LogP contribution in [-0.4, -0.2) is 30.0 Å². The highest BCUT2D eigenvalue weighted by Gasteiger charge is 2.22. The third-order valence-corrected chi connectivity index (χ3v) is 3.62. The SMILES string of the molecule is CC1CCCCCN1C(=O)COc1ccc(N)cc1. The van der Waals surface area contributed by atoms with Crippen molar-refractivity contribution in [3.8, 4) is 5.75 Å². The molecule has 0 radical (unpaired) electrons. The number of carbonyl (C=O) groups is 1. The fraction of sp³-hybridized carbons (Fsp3) is 0.533. The number of nitrogens with zero attached hydrogens (tertiary/aromatic N) is 1. The lowest BCUT2D eigenvalue weighted by atomic mass is 10.1. The lowest BCUT2D eigenvalue weighted by Crippen LogP contribution is -2.41. The highest BCUT2D eigenvalue weighted by Crippen LogP contribution is 2.17. The number of benzene rings is 1. The highest BCUT2D eigenvalue weighted by atomic mass is 16.5. The number of anilines is 1. The Morgan fingerprint density at radius 1 is 1.32 bits per heavy atom. The van der Waals surface area contributed by atoms with Gasteiger partial charge in [0, 0.05) is 18.3 Å². The number of carbonyl (C=O) groups excluding carboxylic acids is 1. The molecule has 1 aliphatic rings. The molecule has 4 heteroatoms. The molecule has 19 heavy (non-hydrogen) atoms. The van der Waals surface area contributed by atoms with E-state index in [9.17, 15) is 4.79 Å². The van der Waals surface area contributed by atoms with E-state index in [-0.39, 0.29) is 12.5 Å². The van der Waals surface area contributed by atoms with Gasteiger partial charge in [-0.2, -0.15) is 0 Å². The monoisotopic (exact) mass is 262 g/mol. The predicted octanol–water partition coefficient (Wildman–Crippen LogP) is 2.44. The maximum atomic E-state index is 12.2. The van der Waals surface area contributed by atoms with E-state index in [0.717, 1.165) is 19.4 Å². The van der Waals surface area contributed by atoms with E-state index in [1.807, 2.05) is 4.90 Å². The number of ether oxygens (including phenoxy) is 1. The lowest BCUT2D eigenvalue weighted by molar-refractivity contribution is -0.135. The van der Waals surface area contributed by atoms with Crippen molar-refractivity contribution in [3.63, 3.8) is 0 Å². The van der Waals surface area contributed by atoms with Crippen molar-refractivity contribution in [2.45, 2.75) is 38.6 Å². The summed E-state index contributed by atoms with van der Waals surface area (Å²) in [4.78, 5) is 14.1. The van der Waals surface area contributed by atoms with Crippen LogP contribution < -0.4 is 10.5 Å². The first kappa shape index (κ1) is 13.7. The summed E-state index contributed by atoms with van der Waals surface area (Å²) in [6, 6.07) is 7.44. The Labute approximate surface area is 114 Å². The predicted molar refractivity (Wildman–Crippen MR) is 76.0 cm³/mol. The topological polar surface area (TPSA) is 55.6 Å². The number of amides is 1. The Morgan fingerprint density at radius 2 is 2.05 bits per heavy atom. The Kier molecular flexibility index (Phi) is 4.66. The molecule has 1 unspecified atom stereocenters. The molecule has 0 spiro atoms. The molecule has 1 aliphatic heterocycles. The first-order chi connectivity index (χ1) is 9.16. The number of likely N-dealkylation sites (tertiary alicyclic amines) is 1. The zero-order valence-corrected chi connectivity index (χ0v) is 11.5. The van der Waals surface area contributed by atoms with Crippen molar-refractivity contribution in [1.82, 2.24) is 4.90 Å².